The lowest BCUT2D eigenvalue weighted by Gasteiger charge is -2.35. The Morgan fingerprint density at radius 3 is 2.47 bits per heavy atom. The quantitative estimate of drug-likeness (QED) is 0.217. The molecule has 3 heterocycles. The molecule has 14 nitrogen and oxygen atoms in total. The summed E-state index contributed by atoms with van der Waals surface area (Å²) in [5.74, 6) is -4.18. The zero-order valence-electron chi connectivity index (χ0n) is 33.8. The molecule has 59 heavy (non-hydrogen) atoms. The minimum atomic E-state index is -4.94. The van der Waals surface area contributed by atoms with Gasteiger partial charge < -0.3 is 29.7 Å². The smallest absolute Gasteiger partial charge is 0.427 e. The lowest BCUT2D eigenvalue weighted by Crippen LogP contribution is -2.60. The minimum Gasteiger partial charge on any atom is -0.494 e. The van der Waals surface area contributed by atoms with Crippen LogP contribution in [-0.4, -0.2) is 96.0 Å². The van der Waals surface area contributed by atoms with Crippen molar-refractivity contribution in [2.24, 2.45) is 17.8 Å². The van der Waals surface area contributed by atoms with Gasteiger partial charge in [-0.05, 0) is 89.3 Å². The molecule has 0 unspecified atom stereocenters. The Morgan fingerprint density at radius 2 is 1.83 bits per heavy atom. The van der Waals surface area contributed by atoms with Crippen molar-refractivity contribution in [3.8, 4) is 11.6 Å². The fraction of sp³-hybridized carbons (Fsp3) is 0.625. The first-order chi connectivity index (χ1) is 27.5. The number of methoxy groups -OCH3 is 1. The largest absolute Gasteiger partial charge is 0.494 e. The first kappa shape index (κ1) is 43.9. The fourth-order valence-corrected chi connectivity index (χ4v) is 9.15. The van der Waals surface area contributed by atoms with Crippen molar-refractivity contribution in [3.05, 3.63) is 42.4 Å². The summed E-state index contributed by atoms with van der Waals surface area (Å²) in [6.45, 7) is 6.27. The third kappa shape index (κ3) is 8.94. The van der Waals surface area contributed by atoms with Crippen LogP contribution in [0.1, 0.15) is 86.0 Å². The number of allylic oxidation sites excluding steroid dienone is 1. The van der Waals surface area contributed by atoms with E-state index in [-0.39, 0.29) is 36.6 Å². The second-order valence-electron chi connectivity index (χ2n) is 17.0. The average molecular weight is 854 g/mol. The number of nitrogens with zero attached hydrogens (tertiary/aromatic N) is 2. The van der Waals surface area contributed by atoms with Crippen LogP contribution in [-0.2, 0) is 29.1 Å². The molecule has 3 N–H and O–H groups in total. The summed E-state index contributed by atoms with van der Waals surface area (Å²) in [5, 5.41) is 5.85. The molecule has 2 aromatic rings. The van der Waals surface area contributed by atoms with E-state index in [4.69, 9.17) is 14.2 Å². The van der Waals surface area contributed by atoms with E-state index < -0.39 is 91.7 Å². The molecule has 2 aliphatic carbocycles. The highest BCUT2D eigenvalue weighted by Crippen LogP contribution is 2.48. The molecule has 4 amide bonds. The van der Waals surface area contributed by atoms with Crippen molar-refractivity contribution in [3.63, 3.8) is 0 Å². The molecule has 4 aliphatic rings. The number of alkyl halides is 3. The van der Waals surface area contributed by atoms with Crippen LogP contribution in [0.4, 0.5) is 22.4 Å². The summed E-state index contributed by atoms with van der Waals surface area (Å²) in [4.78, 5) is 62.0. The van der Waals surface area contributed by atoms with Gasteiger partial charge in [-0.15, -0.1) is 0 Å². The molecule has 19 heteroatoms. The average Bonchev–Trinajstić information content (AvgIpc) is 4.03. The molecule has 324 valence electrons. The van der Waals surface area contributed by atoms with Gasteiger partial charge in [0.1, 0.15) is 35.3 Å². The van der Waals surface area contributed by atoms with E-state index in [1.165, 1.54) is 38.4 Å². The number of hydrogen-bond acceptors (Lipinski definition) is 10. The number of aromatic nitrogens is 1. The monoisotopic (exact) mass is 853 g/mol. The van der Waals surface area contributed by atoms with Gasteiger partial charge in [0.05, 0.1) is 30.0 Å². The summed E-state index contributed by atoms with van der Waals surface area (Å²) in [7, 11) is -2.69. The predicted octanol–water partition coefficient (Wildman–Crippen LogP) is 5.44. The Balaban J connectivity index is 1.38. The van der Waals surface area contributed by atoms with Gasteiger partial charge >= 0.3 is 12.3 Å². The maximum absolute atomic E-state index is 14.9. The second-order valence-corrected chi connectivity index (χ2v) is 19.2. The SMILES string of the molecule is CC[C@@H]1C[C@H](C)CC/C=C\[C@@H]2C[C@@]2(C(=O)NS(=O)(=O)C2(C)CC2)NC(=O)[C@@H]2C[C@@H](Oc3ncc(OC)c4ccc(F)cc34)CN2C(=O)[C@H]1NC(=O)OC(C)(C)C(F)(F)F. The molecule has 1 saturated heterocycles. The van der Waals surface area contributed by atoms with Gasteiger partial charge in [-0.25, -0.2) is 22.6 Å². The number of hydrogen-bond donors (Lipinski definition) is 3. The van der Waals surface area contributed by atoms with Gasteiger partial charge in [0.2, 0.25) is 33.3 Å². The number of benzene rings is 1. The summed E-state index contributed by atoms with van der Waals surface area (Å²) >= 11 is 0. The number of rotatable bonds is 9. The number of alkyl carbamates (subject to hydrolysis) is 1. The predicted molar refractivity (Wildman–Crippen MR) is 206 cm³/mol. The summed E-state index contributed by atoms with van der Waals surface area (Å²) in [6.07, 6.45) is -0.103. The summed E-state index contributed by atoms with van der Waals surface area (Å²) in [5.41, 5.74) is -4.60. The molecule has 2 saturated carbocycles. The number of ether oxygens (including phenoxy) is 3. The molecule has 3 fully saturated rings. The number of sulfonamides is 1. The highest BCUT2D eigenvalue weighted by Gasteiger charge is 2.63. The first-order valence-electron chi connectivity index (χ1n) is 19.8. The van der Waals surface area contributed by atoms with Crippen LogP contribution in [0.5, 0.6) is 11.6 Å². The molecule has 6 rings (SSSR count). The minimum absolute atomic E-state index is 0.0455. The zero-order chi connectivity index (χ0) is 43.3. The van der Waals surface area contributed by atoms with Gasteiger partial charge in [-0.1, -0.05) is 32.4 Å². The molecule has 1 aromatic heterocycles. The summed E-state index contributed by atoms with van der Waals surface area (Å²) in [6, 6.07) is 1.02. The highest BCUT2D eigenvalue weighted by atomic mass is 32.2. The number of carbonyl (C=O) groups is 4. The van der Waals surface area contributed by atoms with Crippen LogP contribution in [0.2, 0.25) is 0 Å². The number of halogens is 4. The van der Waals surface area contributed by atoms with Gasteiger partial charge in [0.15, 0.2) is 0 Å². The number of carbonyl (C=O) groups excluding carboxylic acids is 4. The number of amides is 4. The van der Waals surface area contributed by atoms with Gasteiger partial charge in [0.25, 0.3) is 5.91 Å². The van der Waals surface area contributed by atoms with E-state index in [1.54, 1.807) is 13.0 Å². The Labute approximate surface area is 340 Å². The molecule has 0 bridgehead atoms. The third-order valence-electron chi connectivity index (χ3n) is 12.2. The third-order valence-corrected chi connectivity index (χ3v) is 14.3. The topological polar surface area (TPSA) is 182 Å². The normalized spacial score (nSPS) is 29.2. The van der Waals surface area contributed by atoms with Crippen molar-refractivity contribution in [2.75, 3.05) is 13.7 Å². The van der Waals surface area contributed by atoms with E-state index in [1.807, 2.05) is 13.0 Å². The molecule has 0 spiro atoms. The molecular weight excluding hydrogens is 803 g/mol. The van der Waals surface area contributed by atoms with E-state index >= 15 is 0 Å². The maximum Gasteiger partial charge on any atom is 0.427 e. The Hall–Kier alpha value is -4.68. The highest BCUT2D eigenvalue weighted by molar-refractivity contribution is 7.91. The molecule has 1 aromatic carbocycles. The van der Waals surface area contributed by atoms with Crippen molar-refractivity contribution in [1.82, 2.24) is 25.2 Å². The second kappa shape index (κ2) is 16.1. The van der Waals surface area contributed by atoms with Crippen molar-refractivity contribution in [2.45, 2.75) is 126 Å². The van der Waals surface area contributed by atoms with Crippen molar-refractivity contribution < 1.29 is 59.4 Å². The van der Waals surface area contributed by atoms with Crippen LogP contribution in [0.25, 0.3) is 10.8 Å². The van der Waals surface area contributed by atoms with Gasteiger partial charge in [-0.2, -0.15) is 13.2 Å². The summed E-state index contributed by atoms with van der Waals surface area (Å²) < 4.78 is 99.8. The van der Waals surface area contributed by atoms with Crippen LogP contribution in [0.3, 0.4) is 0 Å². The molecule has 2 aliphatic heterocycles. The maximum atomic E-state index is 14.9. The van der Waals surface area contributed by atoms with Crippen molar-refractivity contribution in [1.29, 1.82) is 0 Å². The van der Waals surface area contributed by atoms with Gasteiger partial charge in [-0.3, -0.25) is 19.1 Å². The van der Waals surface area contributed by atoms with Crippen LogP contribution in [0, 0.1) is 23.6 Å². The fourth-order valence-electron chi connectivity index (χ4n) is 7.84. The molecular formula is C40H51F4N5O9S. The Morgan fingerprint density at radius 1 is 1.12 bits per heavy atom. The lowest BCUT2D eigenvalue weighted by atomic mass is 9.85. The van der Waals surface area contributed by atoms with Crippen LogP contribution in [0.15, 0.2) is 36.5 Å². The van der Waals surface area contributed by atoms with E-state index in [0.29, 0.717) is 63.5 Å². The molecule has 7 atom stereocenters. The van der Waals surface area contributed by atoms with E-state index in [2.05, 4.69) is 20.3 Å². The standard InChI is InChI=1S/C40H51F4N5O9S/c1-7-23-16-22(2)10-8-9-11-24-19-39(24,35(52)48-59(54,55)38(5)14-15-38)47-32(50)29-18-26(57-33-28-17-25(41)12-13-27(28)30(56-6)20-45-33)21-49(29)34(51)31(23)46-36(53)58-37(3,4)40(42,43)44/h9,11-13,17,20,22-24,26,29,31H,7-8,10,14-16,18-19,21H2,1-6H3,(H,46,53)(H,47,50)(H,48,52)/b11-9-/t22-,23-,24-,26-,29+,31+,39-/m1/s1. The Bertz CT molecular complexity index is 2130. The number of fused-ring (bicyclic) bond motifs is 3. The van der Waals surface area contributed by atoms with E-state index in [9.17, 15) is 45.2 Å². The van der Waals surface area contributed by atoms with E-state index in [0.717, 1.165) is 4.90 Å². The molecule has 0 radical (unpaired) electrons. The van der Waals surface area contributed by atoms with Crippen LogP contribution >= 0.6 is 0 Å². The number of nitrogens with one attached hydrogen (secondary N) is 3. The first-order valence-corrected chi connectivity index (χ1v) is 21.2. The van der Waals surface area contributed by atoms with Crippen molar-refractivity contribution >= 4 is 44.6 Å². The lowest BCUT2D eigenvalue weighted by molar-refractivity contribution is -0.244. The zero-order valence-corrected chi connectivity index (χ0v) is 34.6. The number of pyridine rings is 1. The Kier molecular flexibility index (Phi) is 11.9. The van der Waals surface area contributed by atoms with Gasteiger partial charge in [0, 0.05) is 17.7 Å². The van der Waals surface area contributed by atoms with Crippen LogP contribution < -0.4 is 24.8 Å².